The van der Waals surface area contributed by atoms with Crippen molar-refractivity contribution in [3.8, 4) is 0 Å². The molecule has 0 bridgehead atoms. The van der Waals surface area contributed by atoms with Gasteiger partial charge in [0.2, 0.25) is 0 Å². The molecule has 1 aliphatic heterocycles. The summed E-state index contributed by atoms with van der Waals surface area (Å²) in [5.74, 6) is 0. The van der Waals surface area contributed by atoms with Crippen LogP contribution >= 0.6 is 0 Å². The molecule has 0 aromatic carbocycles. The highest BCUT2D eigenvalue weighted by Gasteiger charge is 2.17. The molecule has 0 N–H and O–H groups in total. The molecule has 0 saturated carbocycles. The van der Waals surface area contributed by atoms with Gasteiger partial charge in [0.1, 0.15) is 0 Å². The van der Waals surface area contributed by atoms with Crippen LogP contribution in [-0.2, 0) is 0 Å². The van der Waals surface area contributed by atoms with Crippen LogP contribution in [0.25, 0.3) is 0 Å². The third-order valence-corrected chi connectivity index (χ3v) is 1.56. The van der Waals surface area contributed by atoms with Gasteiger partial charge in [-0.25, -0.2) is 0 Å². The Morgan fingerprint density at radius 1 is 1.27 bits per heavy atom. The maximum Gasteiger partial charge on any atom is 0.0467 e. The molecular weight excluding hydrogens is 136 g/mol. The van der Waals surface area contributed by atoms with Crippen LogP contribution in [0.1, 0.15) is 40.5 Å². The monoisotopic (exact) mass is 152 g/mol. The first-order valence-electron chi connectivity index (χ1n) is 4.06. The zero-order chi connectivity index (χ0) is 8.48. The summed E-state index contributed by atoms with van der Waals surface area (Å²) in [4.78, 5) is 0. The Morgan fingerprint density at radius 3 is 2.27 bits per heavy atom. The first-order chi connectivity index (χ1) is 4.97. The first-order valence-corrected chi connectivity index (χ1v) is 4.06. The predicted octanol–water partition coefficient (Wildman–Crippen LogP) is 2.64. The van der Waals surface area contributed by atoms with Gasteiger partial charge in [0.15, 0.2) is 0 Å². The Morgan fingerprint density at radius 2 is 1.91 bits per heavy atom. The van der Waals surface area contributed by atoms with Gasteiger partial charge < -0.3 is 0 Å². The van der Waals surface area contributed by atoms with Crippen molar-refractivity contribution in [1.29, 1.82) is 0 Å². The molecule has 0 atom stereocenters. The van der Waals surface area contributed by atoms with Crippen molar-refractivity contribution in [3.63, 3.8) is 0 Å². The Hall–Kier alpha value is -0.660. The van der Waals surface area contributed by atoms with Gasteiger partial charge in [0.25, 0.3) is 0 Å². The van der Waals surface area contributed by atoms with Crippen molar-refractivity contribution in [2.45, 2.75) is 40.5 Å². The van der Waals surface area contributed by atoms with Crippen LogP contribution in [0, 0.1) is 5.41 Å². The number of hydrogen-bond donors (Lipinski definition) is 0. The lowest BCUT2D eigenvalue weighted by atomic mass is 9.88. The lowest BCUT2D eigenvalue weighted by molar-refractivity contribution is 0.432. The van der Waals surface area contributed by atoms with E-state index >= 15 is 0 Å². The van der Waals surface area contributed by atoms with Gasteiger partial charge >= 0.3 is 0 Å². The lowest BCUT2D eigenvalue weighted by Gasteiger charge is -2.16. The Kier molecular flexibility index (Phi) is 2.12. The highest BCUT2D eigenvalue weighted by atomic mass is 15.2. The highest BCUT2D eigenvalue weighted by molar-refractivity contribution is 6.06. The summed E-state index contributed by atoms with van der Waals surface area (Å²) in [7, 11) is 0. The van der Waals surface area contributed by atoms with Crippen LogP contribution in [0.4, 0.5) is 0 Å². The molecule has 0 unspecified atom stereocenters. The molecule has 0 spiro atoms. The topological polar surface area (TPSA) is 24.7 Å². The molecule has 1 rings (SSSR count). The van der Waals surface area contributed by atoms with Gasteiger partial charge in [-0.15, -0.1) is 0 Å². The quantitative estimate of drug-likeness (QED) is 0.552. The minimum Gasteiger partial charge on any atom is -0.160 e. The summed E-state index contributed by atoms with van der Waals surface area (Å²) in [6.07, 6.45) is 2.05. The molecule has 0 radical (unpaired) electrons. The van der Waals surface area contributed by atoms with Crippen LogP contribution < -0.4 is 0 Å². The standard InChI is InChI=1S/C9H16N2/c1-7-5-8(11-10-7)6-9(2,3)4/h5-6H2,1-4H3. The van der Waals surface area contributed by atoms with Crippen molar-refractivity contribution in [1.82, 2.24) is 0 Å². The second-order valence-electron chi connectivity index (χ2n) is 4.42. The number of rotatable bonds is 1. The Balaban J connectivity index is 2.44. The van der Waals surface area contributed by atoms with Gasteiger partial charge in [0, 0.05) is 17.8 Å². The molecule has 62 valence electrons. The average Bonchev–Trinajstić information content (AvgIpc) is 2.10. The SMILES string of the molecule is CC1=NN=C(CC(C)(C)C)C1. The van der Waals surface area contributed by atoms with Crippen LogP contribution in [-0.4, -0.2) is 11.4 Å². The van der Waals surface area contributed by atoms with Gasteiger partial charge in [0.05, 0.1) is 0 Å². The highest BCUT2D eigenvalue weighted by Crippen LogP contribution is 2.22. The minimum absolute atomic E-state index is 0.346. The fourth-order valence-electron chi connectivity index (χ4n) is 1.23. The average molecular weight is 152 g/mol. The third kappa shape index (κ3) is 2.83. The van der Waals surface area contributed by atoms with E-state index in [1.165, 1.54) is 5.71 Å². The molecule has 1 heterocycles. The van der Waals surface area contributed by atoms with Crippen LogP contribution in [0.3, 0.4) is 0 Å². The normalized spacial score (nSPS) is 18.2. The van der Waals surface area contributed by atoms with E-state index in [-0.39, 0.29) is 0 Å². The molecule has 2 heteroatoms. The molecular formula is C9H16N2. The Labute approximate surface area is 68.4 Å². The van der Waals surface area contributed by atoms with Crippen molar-refractivity contribution >= 4 is 11.4 Å². The zero-order valence-corrected chi connectivity index (χ0v) is 7.81. The summed E-state index contributed by atoms with van der Waals surface area (Å²) >= 11 is 0. The van der Waals surface area contributed by atoms with Gasteiger partial charge in [-0.1, -0.05) is 20.8 Å². The first kappa shape index (κ1) is 8.44. The summed E-state index contributed by atoms with van der Waals surface area (Å²) in [6, 6.07) is 0. The maximum absolute atomic E-state index is 4.11. The van der Waals surface area contributed by atoms with E-state index < -0.39 is 0 Å². The summed E-state index contributed by atoms with van der Waals surface area (Å²) in [6.45, 7) is 8.70. The number of nitrogens with zero attached hydrogens (tertiary/aromatic N) is 2. The van der Waals surface area contributed by atoms with E-state index in [4.69, 9.17) is 0 Å². The molecule has 0 aliphatic carbocycles. The molecule has 0 amide bonds. The van der Waals surface area contributed by atoms with Crippen molar-refractivity contribution < 1.29 is 0 Å². The summed E-state index contributed by atoms with van der Waals surface area (Å²) in [5.41, 5.74) is 2.72. The van der Waals surface area contributed by atoms with Crippen molar-refractivity contribution in [3.05, 3.63) is 0 Å². The van der Waals surface area contributed by atoms with Crippen molar-refractivity contribution in [2.75, 3.05) is 0 Å². The van der Waals surface area contributed by atoms with E-state index in [9.17, 15) is 0 Å². The predicted molar refractivity (Wildman–Crippen MR) is 49.2 cm³/mol. The molecule has 0 saturated heterocycles. The van der Waals surface area contributed by atoms with Gasteiger partial charge in [-0.05, 0) is 18.8 Å². The molecule has 11 heavy (non-hydrogen) atoms. The molecule has 0 aromatic rings. The van der Waals surface area contributed by atoms with E-state index in [0.29, 0.717) is 5.41 Å². The third-order valence-electron chi connectivity index (χ3n) is 1.56. The molecule has 0 fully saturated rings. The minimum atomic E-state index is 0.346. The van der Waals surface area contributed by atoms with E-state index in [0.717, 1.165) is 18.6 Å². The smallest absolute Gasteiger partial charge is 0.0467 e. The fraction of sp³-hybridized carbons (Fsp3) is 0.778. The fourth-order valence-corrected chi connectivity index (χ4v) is 1.23. The van der Waals surface area contributed by atoms with Gasteiger partial charge in [-0.3, -0.25) is 0 Å². The van der Waals surface area contributed by atoms with Crippen LogP contribution in [0.2, 0.25) is 0 Å². The second kappa shape index (κ2) is 2.76. The molecule has 2 nitrogen and oxygen atoms in total. The Bertz CT molecular complexity index is 206. The molecule has 0 aromatic heterocycles. The largest absolute Gasteiger partial charge is 0.160 e. The summed E-state index contributed by atoms with van der Waals surface area (Å²) < 4.78 is 0. The summed E-state index contributed by atoms with van der Waals surface area (Å²) in [5, 5.41) is 8.11. The zero-order valence-electron chi connectivity index (χ0n) is 7.81. The van der Waals surface area contributed by atoms with Gasteiger partial charge in [-0.2, -0.15) is 10.2 Å². The number of hydrogen-bond acceptors (Lipinski definition) is 2. The lowest BCUT2D eigenvalue weighted by Crippen LogP contribution is -2.12. The van der Waals surface area contributed by atoms with E-state index in [1.807, 2.05) is 6.92 Å². The second-order valence-corrected chi connectivity index (χ2v) is 4.42. The maximum atomic E-state index is 4.11. The van der Waals surface area contributed by atoms with E-state index in [2.05, 4.69) is 31.0 Å². The molecule has 1 aliphatic rings. The van der Waals surface area contributed by atoms with E-state index in [1.54, 1.807) is 0 Å². The van der Waals surface area contributed by atoms with Crippen LogP contribution in [0.15, 0.2) is 10.2 Å². The van der Waals surface area contributed by atoms with Crippen LogP contribution in [0.5, 0.6) is 0 Å². The van der Waals surface area contributed by atoms with Crippen molar-refractivity contribution in [2.24, 2.45) is 15.6 Å².